The number of nitrogens with zero attached hydrogens (tertiary/aromatic N) is 5. The van der Waals surface area contributed by atoms with Crippen LogP contribution in [0.15, 0.2) is 24.5 Å². The van der Waals surface area contributed by atoms with Gasteiger partial charge in [0.25, 0.3) is 0 Å². The minimum Gasteiger partial charge on any atom is -0.359 e. The van der Waals surface area contributed by atoms with Crippen LogP contribution in [0.25, 0.3) is 11.2 Å². The van der Waals surface area contributed by atoms with Crippen molar-refractivity contribution in [2.75, 3.05) is 30.9 Å². The lowest BCUT2D eigenvalue weighted by atomic mass is 9.86. The minimum atomic E-state index is 0.0491. The third-order valence-electron chi connectivity index (χ3n) is 6.46. The van der Waals surface area contributed by atoms with Crippen LogP contribution in [-0.4, -0.2) is 46.1 Å². The average molecular weight is 466 g/mol. The first kappa shape index (κ1) is 25.5. The summed E-state index contributed by atoms with van der Waals surface area (Å²) in [7, 11) is 5.63. The third kappa shape index (κ3) is 5.85. The van der Waals surface area contributed by atoms with Crippen LogP contribution in [0.4, 0.5) is 17.5 Å². The van der Waals surface area contributed by atoms with Crippen molar-refractivity contribution in [2.45, 2.75) is 59.3 Å². The molecular formula is C26H39N7O. The lowest BCUT2D eigenvalue weighted by molar-refractivity contribution is -0.121. The van der Waals surface area contributed by atoms with Gasteiger partial charge in [0, 0.05) is 39.8 Å². The number of benzene rings is 1. The van der Waals surface area contributed by atoms with E-state index in [1.165, 1.54) is 5.56 Å². The summed E-state index contributed by atoms with van der Waals surface area (Å²) in [6.45, 7) is 11.6. The van der Waals surface area contributed by atoms with Crippen LogP contribution < -0.4 is 15.5 Å². The van der Waals surface area contributed by atoms with E-state index in [-0.39, 0.29) is 11.3 Å². The molecule has 1 amide bonds. The molecule has 8 nitrogen and oxygen atoms in total. The Bertz CT molecular complexity index is 1150. The molecule has 1 aromatic carbocycles. The zero-order valence-corrected chi connectivity index (χ0v) is 21.9. The number of carbonyl (C=O) groups excluding carboxylic acids is 1. The number of hydrogen-bond acceptors (Lipinski definition) is 6. The highest BCUT2D eigenvalue weighted by molar-refractivity contribution is 5.87. The van der Waals surface area contributed by atoms with Gasteiger partial charge in [-0.1, -0.05) is 46.2 Å². The fraction of sp³-hybridized carbons (Fsp3) is 0.538. The molecule has 0 aliphatic rings. The number of aryl methyl sites for hydroxylation is 2. The number of imidazole rings is 1. The largest absolute Gasteiger partial charge is 0.359 e. The van der Waals surface area contributed by atoms with Gasteiger partial charge in [-0.05, 0) is 41.9 Å². The van der Waals surface area contributed by atoms with E-state index in [0.29, 0.717) is 23.9 Å². The second-order valence-corrected chi connectivity index (χ2v) is 10.2. The van der Waals surface area contributed by atoms with Crippen molar-refractivity contribution < 1.29 is 4.79 Å². The summed E-state index contributed by atoms with van der Waals surface area (Å²) in [6, 6.07) is 6.53. The van der Waals surface area contributed by atoms with Gasteiger partial charge in [0.15, 0.2) is 11.5 Å². The van der Waals surface area contributed by atoms with E-state index in [1.54, 1.807) is 13.4 Å². The van der Waals surface area contributed by atoms with Crippen LogP contribution in [0.5, 0.6) is 0 Å². The summed E-state index contributed by atoms with van der Waals surface area (Å²) in [5.41, 5.74) is 5.01. The quantitative estimate of drug-likeness (QED) is 0.476. The fourth-order valence-electron chi connectivity index (χ4n) is 3.94. The monoisotopic (exact) mass is 465 g/mol. The molecule has 2 aromatic heterocycles. The number of anilines is 3. The molecular weight excluding hydrogens is 426 g/mol. The molecule has 1 atom stereocenters. The summed E-state index contributed by atoms with van der Waals surface area (Å²) in [5, 5.41) is 6.29. The maximum atomic E-state index is 11.8. The second-order valence-electron chi connectivity index (χ2n) is 10.2. The first-order valence-electron chi connectivity index (χ1n) is 12.0. The van der Waals surface area contributed by atoms with Gasteiger partial charge < -0.3 is 20.1 Å². The van der Waals surface area contributed by atoms with E-state index in [0.717, 1.165) is 42.0 Å². The fourth-order valence-corrected chi connectivity index (χ4v) is 3.94. The maximum absolute atomic E-state index is 11.8. The number of amides is 1. The Labute approximate surface area is 203 Å². The van der Waals surface area contributed by atoms with E-state index in [1.807, 2.05) is 23.6 Å². The van der Waals surface area contributed by atoms with Gasteiger partial charge in [-0.2, -0.15) is 9.97 Å². The molecule has 34 heavy (non-hydrogen) atoms. The molecule has 8 heteroatoms. The number of carbonyl (C=O) groups is 1. The first-order valence-corrected chi connectivity index (χ1v) is 12.0. The van der Waals surface area contributed by atoms with Crippen molar-refractivity contribution in [1.29, 1.82) is 0 Å². The summed E-state index contributed by atoms with van der Waals surface area (Å²) < 4.78 is 1.95. The van der Waals surface area contributed by atoms with E-state index in [2.05, 4.69) is 68.4 Å². The van der Waals surface area contributed by atoms with Crippen molar-refractivity contribution in [3.63, 3.8) is 0 Å². The zero-order valence-electron chi connectivity index (χ0n) is 21.9. The van der Waals surface area contributed by atoms with Crippen molar-refractivity contribution in [2.24, 2.45) is 13.0 Å². The highest BCUT2D eigenvalue weighted by Crippen LogP contribution is 2.31. The third-order valence-corrected chi connectivity index (χ3v) is 6.46. The lowest BCUT2D eigenvalue weighted by Gasteiger charge is -2.23. The number of aromatic nitrogens is 4. The van der Waals surface area contributed by atoms with E-state index in [9.17, 15) is 4.79 Å². The Morgan fingerprint density at radius 2 is 1.97 bits per heavy atom. The van der Waals surface area contributed by atoms with Gasteiger partial charge in [-0.25, -0.2) is 4.98 Å². The van der Waals surface area contributed by atoms with Crippen LogP contribution in [0.1, 0.15) is 58.1 Å². The molecule has 3 aromatic rings. The molecule has 1 unspecified atom stereocenters. The minimum absolute atomic E-state index is 0.0491. The Kier molecular flexibility index (Phi) is 7.79. The summed E-state index contributed by atoms with van der Waals surface area (Å²) >= 11 is 0. The van der Waals surface area contributed by atoms with Gasteiger partial charge >= 0.3 is 0 Å². The van der Waals surface area contributed by atoms with Crippen LogP contribution in [0.3, 0.4) is 0 Å². The van der Waals surface area contributed by atoms with Crippen LogP contribution in [0.2, 0.25) is 0 Å². The highest BCUT2D eigenvalue weighted by atomic mass is 16.1. The predicted molar refractivity (Wildman–Crippen MR) is 140 cm³/mol. The molecule has 0 bridgehead atoms. The molecule has 184 valence electrons. The molecule has 3 rings (SSSR count). The van der Waals surface area contributed by atoms with E-state index in [4.69, 9.17) is 9.97 Å². The number of nitrogens with one attached hydrogen (secondary N) is 2. The van der Waals surface area contributed by atoms with Crippen LogP contribution in [-0.2, 0) is 17.3 Å². The molecule has 0 spiro atoms. The van der Waals surface area contributed by atoms with Gasteiger partial charge in [-0.3, -0.25) is 4.79 Å². The molecule has 0 saturated heterocycles. The molecule has 2 N–H and O–H groups in total. The van der Waals surface area contributed by atoms with Crippen LogP contribution in [0, 0.1) is 12.8 Å². The molecule has 0 saturated carbocycles. The number of fused-ring (bicyclic) bond motifs is 1. The second kappa shape index (κ2) is 10.4. The Balaban J connectivity index is 1.90. The van der Waals surface area contributed by atoms with Gasteiger partial charge in [0.2, 0.25) is 11.9 Å². The van der Waals surface area contributed by atoms with Crippen molar-refractivity contribution in [3.05, 3.63) is 35.7 Å². The summed E-state index contributed by atoms with van der Waals surface area (Å²) in [5.74, 6) is 1.76. The lowest BCUT2D eigenvalue weighted by Crippen LogP contribution is -2.26. The van der Waals surface area contributed by atoms with Crippen molar-refractivity contribution in [1.82, 2.24) is 24.8 Å². The predicted octanol–water partition coefficient (Wildman–Crippen LogP) is 4.70. The number of hydrogen-bond donors (Lipinski definition) is 2. The first-order chi connectivity index (χ1) is 16.0. The molecule has 0 aliphatic heterocycles. The Morgan fingerprint density at radius 1 is 1.24 bits per heavy atom. The van der Waals surface area contributed by atoms with E-state index >= 15 is 0 Å². The molecule has 0 fully saturated rings. The van der Waals surface area contributed by atoms with Gasteiger partial charge in [0.05, 0.1) is 6.33 Å². The summed E-state index contributed by atoms with van der Waals surface area (Å²) in [6.07, 6.45) is 4.15. The summed E-state index contributed by atoms with van der Waals surface area (Å²) in [4.78, 5) is 28.0. The van der Waals surface area contributed by atoms with Gasteiger partial charge in [-0.15, -0.1) is 0 Å². The Morgan fingerprint density at radius 3 is 2.62 bits per heavy atom. The van der Waals surface area contributed by atoms with Crippen molar-refractivity contribution >= 4 is 34.5 Å². The number of rotatable bonds is 9. The smallest absolute Gasteiger partial charge is 0.229 e. The molecule has 0 aliphatic carbocycles. The normalized spacial score (nSPS) is 12.6. The van der Waals surface area contributed by atoms with Crippen molar-refractivity contribution in [3.8, 4) is 0 Å². The standard InChI is InChI=1S/C26H39N7O/c1-9-18(14-21(34)27-6)12-13-32(7)25-30-23-22(33(8)16-28-23)24(31-25)29-20-15-19(26(3,4)5)11-10-17(20)2/h10-11,15-16,18H,9,12-14H2,1-8H3,(H,27,34)(H,29,30,31). The maximum Gasteiger partial charge on any atom is 0.229 e. The zero-order chi connectivity index (χ0) is 25.0. The van der Waals surface area contributed by atoms with Crippen LogP contribution >= 0.6 is 0 Å². The highest BCUT2D eigenvalue weighted by Gasteiger charge is 2.19. The van der Waals surface area contributed by atoms with E-state index < -0.39 is 0 Å². The topological polar surface area (TPSA) is 88.0 Å². The average Bonchev–Trinajstić information content (AvgIpc) is 3.17. The van der Waals surface area contributed by atoms with Gasteiger partial charge in [0.1, 0.15) is 5.52 Å². The molecule has 0 radical (unpaired) electrons. The molecule has 2 heterocycles. The SMILES string of the molecule is CCC(CCN(C)c1nc(Nc2cc(C(C)(C)C)ccc2C)c2c(ncn2C)n1)CC(=O)NC. The Hall–Kier alpha value is -3.16.